The Kier molecular flexibility index (Phi) is 3.42. The van der Waals surface area contributed by atoms with Crippen molar-refractivity contribution >= 4 is 5.69 Å². The lowest BCUT2D eigenvalue weighted by Gasteiger charge is -2.23. The van der Waals surface area contributed by atoms with Gasteiger partial charge in [-0.2, -0.15) is 0 Å². The summed E-state index contributed by atoms with van der Waals surface area (Å²) in [5, 5.41) is 9.26. The van der Waals surface area contributed by atoms with Crippen molar-refractivity contribution in [2.24, 2.45) is 0 Å². The zero-order valence-electron chi connectivity index (χ0n) is 9.53. The van der Waals surface area contributed by atoms with E-state index in [1.807, 2.05) is 0 Å². The van der Waals surface area contributed by atoms with Crippen molar-refractivity contribution in [1.29, 1.82) is 0 Å². The molecule has 0 spiro atoms. The number of rotatable bonds is 4. The monoisotopic (exact) mass is 211 g/mol. The molecule has 0 bridgehead atoms. The molecule has 0 saturated carbocycles. The molecule has 0 aliphatic rings. The second-order valence-electron chi connectivity index (χ2n) is 4.58. The number of aromatic hydroxyl groups is 1. The third kappa shape index (κ3) is 4.08. The number of quaternary nitrogens is 1. The van der Waals surface area contributed by atoms with E-state index in [2.05, 4.69) is 21.1 Å². The second kappa shape index (κ2) is 4.40. The molecule has 1 rings (SSSR count). The molecule has 0 aliphatic carbocycles. The number of ether oxygens (including phenoxy) is 1. The molecule has 0 radical (unpaired) electrons. The van der Waals surface area contributed by atoms with Crippen LogP contribution in [0.3, 0.4) is 0 Å². The fraction of sp³-hybridized carbons (Fsp3) is 0.455. The molecule has 15 heavy (non-hydrogen) atoms. The third-order valence-corrected chi connectivity index (χ3v) is 2.02. The molecule has 0 aliphatic heterocycles. The van der Waals surface area contributed by atoms with Crippen LogP contribution in [0.1, 0.15) is 0 Å². The summed E-state index contributed by atoms with van der Waals surface area (Å²) in [5.41, 5.74) is 6.25. The predicted octanol–water partition coefficient (Wildman–Crippen LogP) is 1.06. The lowest BCUT2D eigenvalue weighted by Crippen LogP contribution is -2.38. The van der Waals surface area contributed by atoms with Crippen LogP contribution >= 0.6 is 0 Å². The number of benzene rings is 1. The molecule has 0 unspecified atom stereocenters. The van der Waals surface area contributed by atoms with Gasteiger partial charge in [-0.25, -0.2) is 0 Å². The van der Waals surface area contributed by atoms with E-state index < -0.39 is 0 Å². The van der Waals surface area contributed by atoms with E-state index >= 15 is 0 Å². The number of nitrogens with zero attached hydrogens (tertiary/aromatic N) is 1. The van der Waals surface area contributed by atoms with Crippen LogP contribution in [-0.4, -0.2) is 43.9 Å². The number of hydrogen-bond donors (Lipinski definition) is 2. The number of hydrogen-bond acceptors (Lipinski definition) is 3. The van der Waals surface area contributed by atoms with Crippen molar-refractivity contribution in [2.75, 3.05) is 40.0 Å². The molecule has 0 aromatic heterocycles. The lowest BCUT2D eigenvalue weighted by atomic mass is 10.3. The van der Waals surface area contributed by atoms with Gasteiger partial charge in [-0.15, -0.1) is 0 Å². The molecule has 0 heterocycles. The predicted molar refractivity (Wildman–Crippen MR) is 60.9 cm³/mol. The van der Waals surface area contributed by atoms with Gasteiger partial charge in [-0.3, -0.25) is 0 Å². The zero-order chi connectivity index (χ0) is 11.5. The topological polar surface area (TPSA) is 55.5 Å². The van der Waals surface area contributed by atoms with E-state index in [0.29, 0.717) is 18.0 Å². The maximum Gasteiger partial charge on any atom is 0.146 e. The van der Waals surface area contributed by atoms with Crippen LogP contribution in [0.25, 0.3) is 0 Å². The first-order valence-electron chi connectivity index (χ1n) is 4.90. The summed E-state index contributed by atoms with van der Waals surface area (Å²) in [4.78, 5) is 0. The minimum absolute atomic E-state index is 0.171. The number of anilines is 1. The van der Waals surface area contributed by atoms with E-state index in [0.717, 1.165) is 11.0 Å². The van der Waals surface area contributed by atoms with Crippen molar-refractivity contribution in [2.45, 2.75) is 0 Å². The van der Waals surface area contributed by atoms with E-state index in [-0.39, 0.29) is 5.75 Å². The Balaban J connectivity index is 2.54. The van der Waals surface area contributed by atoms with Crippen molar-refractivity contribution in [3.63, 3.8) is 0 Å². The lowest BCUT2D eigenvalue weighted by molar-refractivity contribution is -0.870. The molecule has 1 aromatic carbocycles. The van der Waals surface area contributed by atoms with Crippen LogP contribution in [-0.2, 0) is 0 Å². The summed E-state index contributed by atoms with van der Waals surface area (Å²) in [6.45, 7) is 1.46. The van der Waals surface area contributed by atoms with Gasteiger partial charge in [0.25, 0.3) is 0 Å². The van der Waals surface area contributed by atoms with E-state index in [9.17, 15) is 5.11 Å². The maximum atomic E-state index is 9.26. The minimum atomic E-state index is 0.171. The highest BCUT2D eigenvalue weighted by molar-refractivity contribution is 5.55. The molecule has 84 valence electrons. The van der Waals surface area contributed by atoms with Crippen LogP contribution < -0.4 is 10.5 Å². The fourth-order valence-electron chi connectivity index (χ4n) is 1.08. The Morgan fingerprint density at radius 2 is 2.00 bits per heavy atom. The van der Waals surface area contributed by atoms with Gasteiger partial charge in [0.15, 0.2) is 0 Å². The van der Waals surface area contributed by atoms with Crippen LogP contribution in [0.5, 0.6) is 11.5 Å². The summed E-state index contributed by atoms with van der Waals surface area (Å²) >= 11 is 0. The van der Waals surface area contributed by atoms with Gasteiger partial charge in [0.1, 0.15) is 24.7 Å². The highest BCUT2D eigenvalue weighted by atomic mass is 16.5. The third-order valence-electron chi connectivity index (χ3n) is 2.02. The molecular formula is C11H19N2O2+. The first kappa shape index (κ1) is 11.7. The Morgan fingerprint density at radius 1 is 1.33 bits per heavy atom. The second-order valence-corrected chi connectivity index (χ2v) is 4.58. The smallest absolute Gasteiger partial charge is 0.146 e. The van der Waals surface area contributed by atoms with Crippen LogP contribution in [0.4, 0.5) is 5.69 Å². The highest BCUT2D eigenvalue weighted by Crippen LogP contribution is 2.25. The highest BCUT2D eigenvalue weighted by Gasteiger charge is 2.08. The van der Waals surface area contributed by atoms with Crippen molar-refractivity contribution < 1.29 is 14.3 Å². The summed E-state index contributed by atoms with van der Waals surface area (Å²) in [6.07, 6.45) is 0. The molecule has 0 amide bonds. The molecule has 4 nitrogen and oxygen atoms in total. The quantitative estimate of drug-likeness (QED) is 0.445. The molecule has 0 atom stereocenters. The van der Waals surface area contributed by atoms with Gasteiger partial charge >= 0.3 is 0 Å². The summed E-state index contributed by atoms with van der Waals surface area (Å²) in [6, 6.07) is 4.71. The number of phenolic OH excluding ortho intramolecular Hbond substituents is 1. The molecule has 4 heteroatoms. The van der Waals surface area contributed by atoms with Gasteiger partial charge < -0.3 is 20.1 Å². The first-order valence-corrected chi connectivity index (χ1v) is 4.90. The van der Waals surface area contributed by atoms with Gasteiger partial charge in [-0.05, 0) is 12.1 Å². The Bertz CT molecular complexity index is 332. The van der Waals surface area contributed by atoms with Crippen molar-refractivity contribution in [3.05, 3.63) is 18.2 Å². The normalized spacial score (nSPS) is 11.4. The van der Waals surface area contributed by atoms with Gasteiger partial charge in [-0.1, -0.05) is 0 Å². The Hall–Kier alpha value is -1.42. The van der Waals surface area contributed by atoms with Gasteiger partial charge in [0.2, 0.25) is 0 Å². The number of nitrogen functional groups attached to an aromatic ring is 1. The van der Waals surface area contributed by atoms with E-state index in [4.69, 9.17) is 10.5 Å². The fourth-order valence-corrected chi connectivity index (χ4v) is 1.08. The molecule has 3 N–H and O–H groups in total. The molecular weight excluding hydrogens is 192 g/mol. The maximum absolute atomic E-state index is 9.26. The Morgan fingerprint density at radius 3 is 2.60 bits per heavy atom. The number of nitrogens with two attached hydrogens (primary N) is 1. The molecule has 0 fully saturated rings. The summed E-state index contributed by atoms with van der Waals surface area (Å²) < 4.78 is 6.33. The molecule has 0 saturated heterocycles. The minimum Gasteiger partial charge on any atom is -0.508 e. The summed E-state index contributed by atoms with van der Waals surface area (Å²) in [7, 11) is 6.28. The number of phenols is 1. The Labute approximate surface area is 90.5 Å². The van der Waals surface area contributed by atoms with Gasteiger partial charge in [0, 0.05) is 6.07 Å². The largest absolute Gasteiger partial charge is 0.508 e. The van der Waals surface area contributed by atoms with Gasteiger partial charge in [0.05, 0.1) is 26.8 Å². The average Bonchev–Trinajstić information content (AvgIpc) is 2.09. The van der Waals surface area contributed by atoms with E-state index in [1.54, 1.807) is 12.1 Å². The van der Waals surface area contributed by atoms with Crippen LogP contribution in [0, 0.1) is 0 Å². The first-order chi connectivity index (χ1) is 6.88. The molecule has 1 aromatic rings. The van der Waals surface area contributed by atoms with Crippen molar-refractivity contribution in [3.8, 4) is 11.5 Å². The standard InChI is InChI=1S/C11H18N2O2/c1-13(2,3)6-7-15-11-8-9(14)4-5-10(11)12/h4-5,8H,6-7,12H2,1-3H3/p+1. The number of likely N-dealkylation sites (N-methyl/N-ethyl adjacent to an activating group) is 1. The van der Waals surface area contributed by atoms with Crippen LogP contribution in [0.2, 0.25) is 0 Å². The SMILES string of the molecule is C[N+](C)(C)CCOc1cc(O)ccc1N. The van der Waals surface area contributed by atoms with Crippen molar-refractivity contribution in [1.82, 2.24) is 0 Å². The van der Waals surface area contributed by atoms with Crippen LogP contribution in [0.15, 0.2) is 18.2 Å². The summed E-state index contributed by atoms with van der Waals surface area (Å²) in [5.74, 6) is 0.716. The zero-order valence-corrected chi connectivity index (χ0v) is 9.53. The van der Waals surface area contributed by atoms with E-state index in [1.165, 1.54) is 6.07 Å². The average molecular weight is 211 g/mol.